The molecule has 4 aliphatic rings. The van der Waals surface area contributed by atoms with Gasteiger partial charge < -0.3 is 19.9 Å². The number of piperazine rings is 1. The molecule has 0 aliphatic carbocycles. The third-order valence-corrected chi connectivity index (χ3v) is 6.77. The number of imide groups is 2. The molecule has 0 unspecified atom stereocenters. The van der Waals surface area contributed by atoms with Gasteiger partial charge in [-0.05, 0) is 44.0 Å². The molecule has 5 rings (SSSR count). The Kier molecular flexibility index (Phi) is 4.48. The van der Waals surface area contributed by atoms with E-state index in [4.69, 9.17) is 4.74 Å². The highest BCUT2D eigenvalue weighted by Crippen LogP contribution is 2.47. The van der Waals surface area contributed by atoms with E-state index in [1.54, 1.807) is 0 Å². The minimum atomic E-state index is -1.41. The fourth-order valence-electron chi connectivity index (χ4n) is 5.55. The summed E-state index contributed by atoms with van der Waals surface area (Å²) in [7, 11) is 0. The first kappa shape index (κ1) is 19.3. The molecule has 9 heteroatoms. The van der Waals surface area contributed by atoms with Crippen molar-refractivity contribution in [1.82, 2.24) is 16.0 Å². The van der Waals surface area contributed by atoms with Crippen LogP contribution in [-0.2, 0) is 20.7 Å². The lowest BCUT2D eigenvalue weighted by molar-refractivity contribution is -0.153. The van der Waals surface area contributed by atoms with Gasteiger partial charge in [0.15, 0.2) is 5.41 Å². The van der Waals surface area contributed by atoms with Crippen molar-refractivity contribution in [3.05, 3.63) is 23.8 Å². The second kappa shape index (κ2) is 6.95. The summed E-state index contributed by atoms with van der Waals surface area (Å²) in [6.45, 7) is 8.13. The van der Waals surface area contributed by atoms with E-state index >= 15 is 0 Å². The van der Waals surface area contributed by atoms with Gasteiger partial charge in [-0.1, -0.05) is 0 Å². The van der Waals surface area contributed by atoms with Crippen LogP contribution in [0.1, 0.15) is 19.4 Å². The standard InChI is InChI=1S/C21H27N5O4/c1-12-11-26-16-4-3-15(25-7-5-22-6-8-25)9-14(16)10-21(17(26)13(2)30-12)18(27)23-20(29)24-19(21)28/h3-4,9,12-13,17,22H,5-8,10-11H2,1-2H3,(H2,23,24,27,28,29)/t12-,13+,17-/m1/s1. The molecule has 9 nitrogen and oxygen atoms in total. The van der Waals surface area contributed by atoms with Gasteiger partial charge in [0.25, 0.3) is 0 Å². The van der Waals surface area contributed by atoms with Crippen molar-refractivity contribution in [2.75, 3.05) is 42.5 Å². The molecule has 3 atom stereocenters. The van der Waals surface area contributed by atoms with Gasteiger partial charge in [-0.3, -0.25) is 20.2 Å². The molecule has 1 aromatic carbocycles. The van der Waals surface area contributed by atoms with Gasteiger partial charge >= 0.3 is 6.03 Å². The first-order valence-electron chi connectivity index (χ1n) is 10.6. The number of hydrogen-bond donors (Lipinski definition) is 3. The van der Waals surface area contributed by atoms with Crippen molar-refractivity contribution in [1.29, 1.82) is 0 Å². The number of fused-ring (bicyclic) bond motifs is 4. The van der Waals surface area contributed by atoms with Gasteiger partial charge in [-0.15, -0.1) is 0 Å². The fraction of sp³-hybridized carbons (Fsp3) is 0.571. The maximum absolute atomic E-state index is 13.2. The average molecular weight is 413 g/mol. The molecular weight excluding hydrogens is 386 g/mol. The molecule has 0 aromatic heterocycles. The highest BCUT2D eigenvalue weighted by molar-refractivity contribution is 6.20. The van der Waals surface area contributed by atoms with Crippen LogP contribution in [0.2, 0.25) is 0 Å². The molecule has 4 aliphatic heterocycles. The number of nitrogens with one attached hydrogen (secondary N) is 3. The minimum Gasteiger partial charge on any atom is -0.372 e. The molecule has 160 valence electrons. The largest absolute Gasteiger partial charge is 0.372 e. The van der Waals surface area contributed by atoms with E-state index in [1.807, 2.05) is 13.8 Å². The summed E-state index contributed by atoms with van der Waals surface area (Å²) >= 11 is 0. The van der Waals surface area contributed by atoms with E-state index in [-0.39, 0.29) is 18.6 Å². The Morgan fingerprint density at radius 1 is 1.07 bits per heavy atom. The summed E-state index contributed by atoms with van der Waals surface area (Å²) in [4.78, 5) is 42.6. The third kappa shape index (κ3) is 2.79. The number of nitrogens with zero attached hydrogens (tertiary/aromatic N) is 2. The topological polar surface area (TPSA) is 103 Å². The summed E-state index contributed by atoms with van der Waals surface area (Å²) < 4.78 is 6.04. The summed E-state index contributed by atoms with van der Waals surface area (Å²) in [6, 6.07) is 5.07. The molecule has 0 bridgehead atoms. The molecular formula is C21H27N5O4. The third-order valence-electron chi connectivity index (χ3n) is 6.77. The number of urea groups is 1. The zero-order valence-electron chi connectivity index (χ0n) is 17.2. The van der Waals surface area contributed by atoms with E-state index in [2.05, 4.69) is 43.9 Å². The Bertz CT molecular complexity index is 893. The van der Waals surface area contributed by atoms with Crippen molar-refractivity contribution >= 4 is 29.2 Å². The molecule has 1 spiro atoms. The Morgan fingerprint density at radius 2 is 1.77 bits per heavy atom. The minimum absolute atomic E-state index is 0.0385. The zero-order chi connectivity index (χ0) is 21.0. The second-order valence-corrected chi connectivity index (χ2v) is 8.68. The molecule has 30 heavy (non-hydrogen) atoms. The van der Waals surface area contributed by atoms with Crippen LogP contribution < -0.4 is 25.8 Å². The number of benzene rings is 1. The number of carbonyl (C=O) groups is 3. The number of amides is 4. The molecule has 1 aromatic rings. The van der Waals surface area contributed by atoms with Crippen LogP contribution in [0.15, 0.2) is 18.2 Å². The van der Waals surface area contributed by atoms with Crippen molar-refractivity contribution in [3.63, 3.8) is 0 Å². The molecule has 0 saturated carbocycles. The highest BCUT2D eigenvalue weighted by atomic mass is 16.5. The number of ether oxygens (including phenoxy) is 1. The predicted molar refractivity (Wildman–Crippen MR) is 110 cm³/mol. The molecule has 3 fully saturated rings. The van der Waals surface area contributed by atoms with Crippen LogP contribution in [0.5, 0.6) is 0 Å². The van der Waals surface area contributed by atoms with Gasteiger partial charge in [0.05, 0.1) is 18.2 Å². The quantitative estimate of drug-likeness (QED) is 0.557. The van der Waals surface area contributed by atoms with Crippen LogP contribution in [0, 0.1) is 5.41 Å². The monoisotopic (exact) mass is 413 g/mol. The first-order chi connectivity index (χ1) is 14.4. The van der Waals surface area contributed by atoms with Crippen LogP contribution in [-0.4, -0.2) is 68.8 Å². The lowest BCUT2D eigenvalue weighted by atomic mass is 9.66. The van der Waals surface area contributed by atoms with Crippen LogP contribution in [0.3, 0.4) is 0 Å². The summed E-state index contributed by atoms with van der Waals surface area (Å²) in [5.41, 5.74) is 1.65. The van der Waals surface area contributed by atoms with Crippen molar-refractivity contribution < 1.29 is 19.1 Å². The highest BCUT2D eigenvalue weighted by Gasteiger charge is 2.62. The lowest BCUT2D eigenvalue weighted by Crippen LogP contribution is -2.75. The van der Waals surface area contributed by atoms with E-state index in [0.717, 1.165) is 43.1 Å². The molecule has 0 radical (unpaired) electrons. The zero-order valence-corrected chi connectivity index (χ0v) is 17.2. The maximum Gasteiger partial charge on any atom is 0.328 e. The van der Waals surface area contributed by atoms with Crippen molar-refractivity contribution in [2.45, 2.75) is 38.5 Å². The number of barbiturate groups is 1. The van der Waals surface area contributed by atoms with Gasteiger partial charge in [0, 0.05) is 44.1 Å². The van der Waals surface area contributed by atoms with Gasteiger partial charge in [0.2, 0.25) is 11.8 Å². The Labute approximate surface area is 175 Å². The van der Waals surface area contributed by atoms with E-state index in [0.29, 0.717) is 6.54 Å². The van der Waals surface area contributed by atoms with Crippen LogP contribution in [0.4, 0.5) is 16.2 Å². The Hall–Kier alpha value is -2.65. The maximum atomic E-state index is 13.2. The lowest BCUT2D eigenvalue weighted by Gasteiger charge is -2.55. The number of anilines is 2. The van der Waals surface area contributed by atoms with E-state index in [9.17, 15) is 14.4 Å². The fourth-order valence-corrected chi connectivity index (χ4v) is 5.55. The molecule has 3 saturated heterocycles. The smallest absolute Gasteiger partial charge is 0.328 e. The van der Waals surface area contributed by atoms with E-state index < -0.39 is 29.3 Å². The molecule has 4 amide bonds. The first-order valence-corrected chi connectivity index (χ1v) is 10.6. The van der Waals surface area contributed by atoms with Crippen molar-refractivity contribution in [3.8, 4) is 0 Å². The predicted octanol–water partition coefficient (Wildman–Crippen LogP) is -0.0131. The van der Waals surface area contributed by atoms with Crippen molar-refractivity contribution in [2.24, 2.45) is 5.41 Å². The second-order valence-electron chi connectivity index (χ2n) is 8.68. The SMILES string of the molecule is C[C@@H]1CN2c3ccc(N4CCNCC4)cc3CC3(C(=O)NC(=O)NC3=O)[C@H]2[C@H](C)O1. The van der Waals surface area contributed by atoms with Gasteiger partial charge in [-0.2, -0.15) is 0 Å². The van der Waals surface area contributed by atoms with Crippen LogP contribution >= 0.6 is 0 Å². The number of morpholine rings is 1. The van der Waals surface area contributed by atoms with E-state index in [1.165, 1.54) is 0 Å². The summed E-state index contributed by atoms with van der Waals surface area (Å²) in [5.74, 6) is -1.09. The normalized spacial score (nSPS) is 30.5. The average Bonchev–Trinajstić information content (AvgIpc) is 2.71. The summed E-state index contributed by atoms with van der Waals surface area (Å²) in [5, 5.41) is 8.02. The van der Waals surface area contributed by atoms with Gasteiger partial charge in [0.1, 0.15) is 0 Å². The van der Waals surface area contributed by atoms with Crippen LogP contribution in [0.25, 0.3) is 0 Å². The van der Waals surface area contributed by atoms with Gasteiger partial charge in [-0.25, -0.2) is 4.79 Å². The Balaban J connectivity index is 1.62. The molecule has 3 N–H and O–H groups in total. The Morgan fingerprint density at radius 3 is 2.47 bits per heavy atom. The summed E-state index contributed by atoms with van der Waals surface area (Å²) in [6.07, 6.45) is -0.154. The number of rotatable bonds is 1. The molecule has 4 heterocycles. The number of hydrogen-bond acceptors (Lipinski definition) is 7. The number of carbonyl (C=O) groups excluding carboxylic acids is 3.